The SMILES string of the molecule is Cc1ccc(S(=O)(=O)NC(=O)NCc2ccc(-c3ccccc3)s2)cc1. The van der Waals surface area contributed by atoms with Crippen molar-refractivity contribution in [2.24, 2.45) is 0 Å². The summed E-state index contributed by atoms with van der Waals surface area (Å²) in [6.07, 6.45) is 0. The van der Waals surface area contributed by atoms with Crippen molar-refractivity contribution in [2.75, 3.05) is 0 Å². The van der Waals surface area contributed by atoms with Crippen molar-refractivity contribution >= 4 is 27.4 Å². The highest BCUT2D eigenvalue weighted by Gasteiger charge is 2.17. The number of carbonyl (C=O) groups is 1. The summed E-state index contributed by atoms with van der Waals surface area (Å²) >= 11 is 1.55. The molecule has 1 aromatic heterocycles. The first-order valence-electron chi connectivity index (χ1n) is 7.95. The molecule has 2 N–H and O–H groups in total. The van der Waals surface area contributed by atoms with Crippen LogP contribution < -0.4 is 10.0 Å². The lowest BCUT2D eigenvalue weighted by molar-refractivity contribution is 0.245. The minimum Gasteiger partial charge on any atom is -0.332 e. The number of rotatable bonds is 5. The molecule has 0 saturated carbocycles. The fourth-order valence-corrected chi connectivity index (χ4v) is 4.21. The Morgan fingerprint density at radius 1 is 0.962 bits per heavy atom. The van der Waals surface area contributed by atoms with Crippen molar-refractivity contribution in [1.29, 1.82) is 0 Å². The van der Waals surface area contributed by atoms with Crippen LogP contribution in [0.5, 0.6) is 0 Å². The number of carbonyl (C=O) groups excluding carboxylic acids is 1. The number of thiophene rings is 1. The third kappa shape index (κ3) is 4.50. The van der Waals surface area contributed by atoms with Gasteiger partial charge in [0.15, 0.2) is 0 Å². The predicted molar refractivity (Wildman–Crippen MR) is 103 cm³/mol. The highest BCUT2D eigenvalue weighted by molar-refractivity contribution is 7.90. The number of benzene rings is 2. The molecule has 0 atom stereocenters. The molecule has 0 unspecified atom stereocenters. The Morgan fingerprint density at radius 3 is 2.35 bits per heavy atom. The van der Waals surface area contributed by atoms with E-state index in [0.29, 0.717) is 0 Å². The van der Waals surface area contributed by atoms with E-state index in [0.717, 1.165) is 20.9 Å². The second kappa shape index (κ2) is 7.72. The van der Waals surface area contributed by atoms with Crippen molar-refractivity contribution in [2.45, 2.75) is 18.4 Å². The van der Waals surface area contributed by atoms with Gasteiger partial charge in [-0.15, -0.1) is 11.3 Å². The van der Waals surface area contributed by atoms with E-state index in [1.165, 1.54) is 12.1 Å². The van der Waals surface area contributed by atoms with E-state index in [1.54, 1.807) is 23.5 Å². The minimum absolute atomic E-state index is 0.0562. The molecule has 3 aromatic rings. The number of hydrogen-bond acceptors (Lipinski definition) is 4. The first kappa shape index (κ1) is 18.2. The molecule has 0 spiro atoms. The van der Waals surface area contributed by atoms with Crippen molar-refractivity contribution in [3.05, 3.63) is 77.2 Å². The topological polar surface area (TPSA) is 75.3 Å². The Balaban J connectivity index is 1.59. The van der Waals surface area contributed by atoms with Gasteiger partial charge in [-0.25, -0.2) is 17.9 Å². The number of sulfonamides is 1. The lowest BCUT2D eigenvalue weighted by Crippen LogP contribution is -2.38. The van der Waals surface area contributed by atoms with Crippen molar-refractivity contribution in [3.63, 3.8) is 0 Å². The fourth-order valence-electron chi connectivity index (χ4n) is 2.33. The Hall–Kier alpha value is -2.64. The van der Waals surface area contributed by atoms with Crippen LogP contribution >= 0.6 is 11.3 Å². The first-order chi connectivity index (χ1) is 12.4. The Bertz CT molecular complexity index is 995. The van der Waals surface area contributed by atoms with Crippen LogP contribution in [-0.2, 0) is 16.6 Å². The molecule has 26 heavy (non-hydrogen) atoms. The zero-order valence-corrected chi connectivity index (χ0v) is 15.7. The monoisotopic (exact) mass is 386 g/mol. The van der Waals surface area contributed by atoms with E-state index >= 15 is 0 Å². The lowest BCUT2D eigenvalue weighted by atomic mass is 10.2. The highest BCUT2D eigenvalue weighted by atomic mass is 32.2. The van der Waals surface area contributed by atoms with Gasteiger partial charge in [-0.05, 0) is 36.8 Å². The zero-order chi connectivity index (χ0) is 18.6. The van der Waals surface area contributed by atoms with Gasteiger partial charge in [0.1, 0.15) is 0 Å². The predicted octanol–water partition coefficient (Wildman–Crippen LogP) is 3.91. The van der Waals surface area contributed by atoms with E-state index in [2.05, 4.69) is 5.32 Å². The molecular formula is C19H18N2O3S2. The van der Waals surface area contributed by atoms with Crippen LogP contribution in [0.4, 0.5) is 4.79 Å². The molecule has 0 radical (unpaired) electrons. The number of hydrogen-bond donors (Lipinski definition) is 2. The van der Waals surface area contributed by atoms with Gasteiger partial charge in [0.05, 0.1) is 11.4 Å². The van der Waals surface area contributed by atoms with Crippen LogP contribution in [0.2, 0.25) is 0 Å². The van der Waals surface area contributed by atoms with Gasteiger partial charge in [0.2, 0.25) is 0 Å². The minimum atomic E-state index is -3.88. The Labute approximate surface area is 156 Å². The normalized spacial score (nSPS) is 11.1. The van der Waals surface area contributed by atoms with Crippen molar-refractivity contribution < 1.29 is 13.2 Å². The largest absolute Gasteiger partial charge is 0.332 e. The van der Waals surface area contributed by atoms with E-state index < -0.39 is 16.1 Å². The second-order valence-electron chi connectivity index (χ2n) is 5.73. The molecule has 2 amide bonds. The van der Waals surface area contributed by atoms with E-state index in [9.17, 15) is 13.2 Å². The maximum absolute atomic E-state index is 12.2. The van der Waals surface area contributed by atoms with E-state index in [1.807, 2.05) is 54.1 Å². The van der Waals surface area contributed by atoms with Crippen LogP contribution in [0.25, 0.3) is 10.4 Å². The van der Waals surface area contributed by atoms with Gasteiger partial charge in [0, 0.05) is 9.75 Å². The standard InChI is InChI=1S/C19H18N2O3S2/c1-14-7-10-17(11-8-14)26(23,24)21-19(22)20-13-16-9-12-18(25-16)15-5-3-2-4-6-15/h2-12H,13H2,1H3,(H2,20,21,22). The smallest absolute Gasteiger partial charge is 0.328 e. The summed E-state index contributed by atoms with van der Waals surface area (Å²) in [5.41, 5.74) is 2.05. The molecule has 134 valence electrons. The van der Waals surface area contributed by atoms with Gasteiger partial charge < -0.3 is 5.32 Å². The summed E-state index contributed by atoms with van der Waals surface area (Å²) in [7, 11) is -3.88. The summed E-state index contributed by atoms with van der Waals surface area (Å²) in [6.45, 7) is 2.12. The van der Waals surface area contributed by atoms with Gasteiger partial charge in [-0.1, -0.05) is 48.0 Å². The average molecular weight is 386 g/mol. The highest BCUT2D eigenvalue weighted by Crippen LogP contribution is 2.27. The number of amides is 2. The molecule has 5 nitrogen and oxygen atoms in total. The third-order valence-electron chi connectivity index (χ3n) is 3.70. The molecule has 0 aliphatic carbocycles. The molecule has 0 bridgehead atoms. The van der Waals surface area contributed by atoms with Crippen LogP contribution in [0.1, 0.15) is 10.4 Å². The van der Waals surface area contributed by atoms with Gasteiger partial charge >= 0.3 is 6.03 Å². The van der Waals surface area contributed by atoms with Crippen LogP contribution in [0.3, 0.4) is 0 Å². The maximum Gasteiger partial charge on any atom is 0.328 e. The van der Waals surface area contributed by atoms with E-state index in [-0.39, 0.29) is 11.4 Å². The molecular weight excluding hydrogens is 368 g/mol. The maximum atomic E-state index is 12.2. The third-order valence-corrected chi connectivity index (χ3v) is 6.18. The summed E-state index contributed by atoms with van der Waals surface area (Å²) in [4.78, 5) is 14.0. The molecule has 0 saturated heterocycles. The van der Waals surface area contributed by atoms with Crippen LogP contribution in [0.15, 0.2) is 71.6 Å². The molecule has 3 rings (SSSR count). The van der Waals surface area contributed by atoms with Gasteiger partial charge in [0.25, 0.3) is 10.0 Å². The number of urea groups is 1. The quantitative estimate of drug-likeness (QED) is 0.698. The van der Waals surface area contributed by atoms with Crippen molar-refractivity contribution in [1.82, 2.24) is 10.0 Å². The average Bonchev–Trinajstić information content (AvgIpc) is 3.10. The molecule has 0 aliphatic rings. The van der Waals surface area contributed by atoms with Crippen LogP contribution in [0, 0.1) is 6.92 Å². The number of nitrogens with one attached hydrogen (secondary N) is 2. The molecule has 2 aromatic carbocycles. The molecule has 0 aliphatic heterocycles. The van der Waals surface area contributed by atoms with Gasteiger partial charge in [-0.2, -0.15) is 0 Å². The lowest BCUT2D eigenvalue weighted by Gasteiger charge is -2.08. The van der Waals surface area contributed by atoms with E-state index in [4.69, 9.17) is 0 Å². The molecule has 7 heteroatoms. The Morgan fingerprint density at radius 2 is 1.65 bits per heavy atom. The van der Waals surface area contributed by atoms with Crippen LogP contribution in [-0.4, -0.2) is 14.4 Å². The van der Waals surface area contributed by atoms with Crippen molar-refractivity contribution in [3.8, 4) is 10.4 Å². The Kier molecular flexibility index (Phi) is 5.39. The summed E-state index contributed by atoms with van der Waals surface area (Å²) < 4.78 is 26.4. The summed E-state index contributed by atoms with van der Waals surface area (Å²) in [5.74, 6) is 0. The zero-order valence-electron chi connectivity index (χ0n) is 14.1. The fraction of sp³-hybridized carbons (Fsp3) is 0.105. The number of aryl methyl sites for hydroxylation is 1. The summed E-state index contributed by atoms with van der Waals surface area (Å²) in [5, 5.41) is 2.58. The molecule has 1 heterocycles. The second-order valence-corrected chi connectivity index (χ2v) is 8.58. The summed E-state index contributed by atoms with van der Waals surface area (Å²) in [6, 6.07) is 19.4. The molecule has 0 fully saturated rings. The van der Waals surface area contributed by atoms with Gasteiger partial charge in [-0.3, -0.25) is 0 Å². The first-order valence-corrected chi connectivity index (χ1v) is 10.3.